The SMILES string of the molecule is CC1CN(C(=O)CCNC(=O)C2CC2C)CC1C(=O)O. The lowest BCUT2D eigenvalue weighted by Gasteiger charge is -2.16. The van der Waals surface area contributed by atoms with Crippen molar-refractivity contribution in [3.63, 3.8) is 0 Å². The number of hydrogen-bond donors (Lipinski definition) is 2. The molecule has 2 N–H and O–H groups in total. The number of carboxylic acid groups (broad SMARTS) is 1. The van der Waals surface area contributed by atoms with Crippen LogP contribution in [0.25, 0.3) is 0 Å². The van der Waals surface area contributed by atoms with Crippen molar-refractivity contribution in [1.82, 2.24) is 10.2 Å². The Kier molecular flexibility index (Phi) is 4.30. The van der Waals surface area contributed by atoms with E-state index in [1.807, 2.05) is 13.8 Å². The highest BCUT2D eigenvalue weighted by Gasteiger charge is 2.39. The Balaban J connectivity index is 1.70. The van der Waals surface area contributed by atoms with Gasteiger partial charge in [-0.25, -0.2) is 0 Å². The van der Waals surface area contributed by atoms with Crippen LogP contribution in [0.15, 0.2) is 0 Å². The highest BCUT2D eigenvalue weighted by Crippen LogP contribution is 2.37. The molecule has 1 saturated heterocycles. The first-order chi connectivity index (χ1) is 9.40. The van der Waals surface area contributed by atoms with Crippen LogP contribution >= 0.6 is 0 Å². The summed E-state index contributed by atoms with van der Waals surface area (Å²) in [6.07, 6.45) is 1.18. The van der Waals surface area contributed by atoms with Gasteiger partial charge in [-0.05, 0) is 18.3 Å². The molecular formula is C14H22N2O4. The predicted octanol–water partition coefficient (Wildman–Crippen LogP) is 0.328. The van der Waals surface area contributed by atoms with Crippen LogP contribution in [-0.4, -0.2) is 47.4 Å². The van der Waals surface area contributed by atoms with Crippen LogP contribution in [0.3, 0.4) is 0 Å². The fourth-order valence-corrected chi connectivity index (χ4v) is 2.76. The van der Waals surface area contributed by atoms with Gasteiger partial charge < -0.3 is 15.3 Å². The first-order valence-electron chi connectivity index (χ1n) is 7.18. The van der Waals surface area contributed by atoms with Gasteiger partial charge in [-0.1, -0.05) is 13.8 Å². The van der Waals surface area contributed by atoms with E-state index in [9.17, 15) is 14.4 Å². The monoisotopic (exact) mass is 282 g/mol. The van der Waals surface area contributed by atoms with Crippen molar-refractivity contribution in [3.05, 3.63) is 0 Å². The van der Waals surface area contributed by atoms with E-state index in [4.69, 9.17) is 5.11 Å². The number of amides is 2. The summed E-state index contributed by atoms with van der Waals surface area (Å²) in [5.41, 5.74) is 0. The van der Waals surface area contributed by atoms with Gasteiger partial charge in [0.1, 0.15) is 0 Å². The van der Waals surface area contributed by atoms with Crippen molar-refractivity contribution in [2.45, 2.75) is 26.7 Å². The Morgan fingerprint density at radius 2 is 1.80 bits per heavy atom. The van der Waals surface area contributed by atoms with Crippen LogP contribution in [-0.2, 0) is 14.4 Å². The smallest absolute Gasteiger partial charge is 0.308 e. The molecule has 2 aliphatic rings. The minimum atomic E-state index is -0.844. The van der Waals surface area contributed by atoms with Crippen LogP contribution in [0.5, 0.6) is 0 Å². The Labute approximate surface area is 118 Å². The highest BCUT2D eigenvalue weighted by atomic mass is 16.4. The average molecular weight is 282 g/mol. The number of carboxylic acids is 1. The van der Waals surface area contributed by atoms with Crippen LogP contribution in [0.4, 0.5) is 0 Å². The van der Waals surface area contributed by atoms with E-state index in [-0.39, 0.29) is 36.6 Å². The van der Waals surface area contributed by atoms with Gasteiger partial charge in [-0.15, -0.1) is 0 Å². The Morgan fingerprint density at radius 3 is 2.30 bits per heavy atom. The number of hydrogen-bond acceptors (Lipinski definition) is 3. The van der Waals surface area contributed by atoms with Crippen molar-refractivity contribution in [1.29, 1.82) is 0 Å². The van der Waals surface area contributed by atoms with E-state index in [0.29, 0.717) is 19.0 Å². The van der Waals surface area contributed by atoms with Gasteiger partial charge in [0, 0.05) is 32.0 Å². The molecule has 20 heavy (non-hydrogen) atoms. The molecule has 112 valence electrons. The Bertz CT molecular complexity index is 423. The van der Waals surface area contributed by atoms with Gasteiger partial charge in [0.05, 0.1) is 5.92 Å². The fourth-order valence-electron chi connectivity index (χ4n) is 2.76. The third kappa shape index (κ3) is 3.29. The van der Waals surface area contributed by atoms with Gasteiger partial charge in [0.15, 0.2) is 0 Å². The molecular weight excluding hydrogens is 260 g/mol. The molecule has 0 radical (unpaired) electrons. The normalized spacial score (nSPS) is 32.0. The topological polar surface area (TPSA) is 86.7 Å². The largest absolute Gasteiger partial charge is 0.481 e. The van der Waals surface area contributed by atoms with Crippen LogP contribution < -0.4 is 5.32 Å². The minimum Gasteiger partial charge on any atom is -0.481 e. The molecule has 4 atom stereocenters. The van der Waals surface area contributed by atoms with Crippen LogP contribution in [0.1, 0.15) is 26.7 Å². The summed E-state index contributed by atoms with van der Waals surface area (Å²) in [6, 6.07) is 0. The molecule has 6 heteroatoms. The number of carbonyl (C=O) groups excluding carboxylic acids is 2. The predicted molar refractivity (Wildman–Crippen MR) is 71.8 cm³/mol. The standard InChI is InChI=1S/C14H22N2O4/c1-8-5-10(8)13(18)15-4-3-12(17)16-6-9(2)11(7-16)14(19)20/h8-11H,3-7H2,1-2H3,(H,15,18)(H,19,20). The van der Waals surface area contributed by atoms with Crippen molar-refractivity contribution in [2.24, 2.45) is 23.7 Å². The number of carbonyl (C=O) groups is 3. The lowest BCUT2D eigenvalue weighted by molar-refractivity contribution is -0.142. The number of nitrogens with zero attached hydrogens (tertiary/aromatic N) is 1. The first-order valence-corrected chi connectivity index (χ1v) is 7.18. The molecule has 2 rings (SSSR count). The number of rotatable bonds is 5. The number of nitrogens with one attached hydrogen (secondary N) is 1. The molecule has 0 aromatic heterocycles. The summed E-state index contributed by atoms with van der Waals surface area (Å²) in [5, 5.41) is 11.8. The second-order valence-corrected chi connectivity index (χ2v) is 6.08. The zero-order chi connectivity index (χ0) is 14.9. The van der Waals surface area contributed by atoms with Crippen molar-refractivity contribution in [3.8, 4) is 0 Å². The minimum absolute atomic E-state index is 0.0154. The van der Waals surface area contributed by atoms with E-state index in [0.717, 1.165) is 6.42 Å². The fraction of sp³-hybridized carbons (Fsp3) is 0.786. The second-order valence-electron chi connectivity index (χ2n) is 6.08. The summed E-state index contributed by atoms with van der Waals surface area (Å²) in [4.78, 5) is 36.2. The summed E-state index contributed by atoms with van der Waals surface area (Å²) in [7, 11) is 0. The Hall–Kier alpha value is -1.59. The van der Waals surface area contributed by atoms with E-state index < -0.39 is 11.9 Å². The van der Waals surface area contributed by atoms with Gasteiger partial charge in [-0.3, -0.25) is 14.4 Å². The summed E-state index contributed by atoms with van der Waals surface area (Å²) in [5.74, 6) is -0.800. The van der Waals surface area contributed by atoms with Crippen molar-refractivity contribution in [2.75, 3.05) is 19.6 Å². The lowest BCUT2D eigenvalue weighted by atomic mass is 9.99. The molecule has 1 saturated carbocycles. The maximum Gasteiger partial charge on any atom is 0.308 e. The summed E-state index contributed by atoms with van der Waals surface area (Å²) in [6.45, 7) is 4.99. The lowest BCUT2D eigenvalue weighted by Crippen LogP contribution is -2.34. The van der Waals surface area contributed by atoms with Gasteiger partial charge in [0.2, 0.25) is 11.8 Å². The molecule has 1 aliphatic carbocycles. The van der Waals surface area contributed by atoms with E-state index >= 15 is 0 Å². The van der Waals surface area contributed by atoms with Gasteiger partial charge in [0.25, 0.3) is 0 Å². The van der Waals surface area contributed by atoms with E-state index in [2.05, 4.69) is 5.32 Å². The third-order valence-electron chi connectivity index (χ3n) is 4.37. The van der Waals surface area contributed by atoms with Crippen LogP contribution in [0, 0.1) is 23.7 Å². The quantitative estimate of drug-likeness (QED) is 0.760. The van der Waals surface area contributed by atoms with Gasteiger partial charge in [-0.2, -0.15) is 0 Å². The van der Waals surface area contributed by atoms with Crippen molar-refractivity contribution < 1.29 is 19.5 Å². The molecule has 0 aromatic rings. The molecule has 2 amide bonds. The Morgan fingerprint density at radius 1 is 1.15 bits per heavy atom. The third-order valence-corrected chi connectivity index (χ3v) is 4.37. The zero-order valence-corrected chi connectivity index (χ0v) is 12.0. The van der Waals surface area contributed by atoms with E-state index in [1.165, 1.54) is 0 Å². The molecule has 4 unspecified atom stereocenters. The van der Waals surface area contributed by atoms with Crippen LogP contribution in [0.2, 0.25) is 0 Å². The average Bonchev–Trinajstić information content (AvgIpc) is 2.96. The molecule has 1 aliphatic heterocycles. The molecule has 6 nitrogen and oxygen atoms in total. The maximum atomic E-state index is 12.0. The highest BCUT2D eigenvalue weighted by molar-refractivity contribution is 5.83. The molecule has 0 aromatic carbocycles. The molecule has 0 bridgehead atoms. The molecule has 0 spiro atoms. The number of aliphatic carboxylic acids is 1. The molecule has 1 heterocycles. The number of likely N-dealkylation sites (tertiary alicyclic amines) is 1. The van der Waals surface area contributed by atoms with Crippen molar-refractivity contribution >= 4 is 17.8 Å². The molecule has 2 fully saturated rings. The van der Waals surface area contributed by atoms with Gasteiger partial charge >= 0.3 is 5.97 Å². The summed E-state index contributed by atoms with van der Waals surface area (Å²) >= 11 is 0. The maximum absolute atomic E-state index is 12.0. The summed E-state index contributed by atoms with van der Waals surface area (Å²) < 4.78 is 0. The van der Waals surface area contributed by atoms with E-state index in [1.54, 1.807) is 4.90 Å². The first kappa shape index (κ1) is 14.8. The zero-order valence-electron chi connectivity index (χ0n) is 12.0. The second kappa shape index (κ2) is 5.81.